The van der Waals surface area contributed by atoms with Crippen LogP contribution in [-0.2, 0) is 12.7 Å². The number of fused-ring (bicyclic) bond motifs is 1. The van der Waals surface area contributed by atoms with Gasteiger partial charge in [-0.2, -0.15) is 18.3 Å². The number of aromatic nitrogens is 3. The van der Waals surface area contributed by atoms with E-state index in [1.807, 2.05) is 11.0 Å². The summed E-state index contributed by atoms with van der Waals surface area (Å²) in [5.74, 6) is 5.45. The van der Waals surface area contributed by atoms with Gasteiger partial charge in [0, 0.05) is 55.7 Å². The Balaban J connectivity index is 1.33. The first-order valence-corrected chi connectivity index (χ1v) is 11.7. The molecule has 0 radical (unpaired) electrons. The summed E-state index contributed by atoms with van der Waals surface area (Å²) in [5, 5.41) is 9.99. The maximum absolute atomic E-state index is 13.8. The number of carbonyl (C=O) groups is 1. The van der Waals surface area contributed by atoms with Gasteiger partial charge in [0.05, 0.1) is 11.8 Å². The smallest absolute Gasteiger partial charge is 0.322 e. The number of amides is 1. The van der Waals surface area contributed by atoms with Crippen molar-refractivity contribution in [1.82, 2.24) is 24.8 Å². The Morgan fingerprint density at radius 2 is 1.89 bits per heavy atom. The highest BCUT2D eigenvalue weighted by Gasteiger charge is 2.34. The monoisotopic (exact) mass is 504 g/mol. The normalized spacial score (nSPS) is 14.2. The van der Waals surface area contributed by atoms with Crippen LogP contribution in [0.25, 0.3) is 5.65 Å². The van der Waals surface area contributed by atoms with Crippen molar-refractivity contribution in [2.24, 2.45) is 0 Å². The molecule has 4 aromatic rings. The van der Waals surface area contributed by atoms with Gasteiger partial charge < -0.3 is 10.6 Å². The van der Waals surface area contributed by atoms with Gasteiger partial charge in [0.1, 0.15) is 5.69 Å². The van der Waals surface area contributed by atoms with Crippen LogP contribution >= 0.6 is 0 Å². The van der Waals surface area contributed by atoms with Crippen molar-refractivity contribution in [1.29, 1.82) is 0 Å². The molecule has 1 aliphatic rings. The van der Waals surface area contributed by atoms with Crippen molar-refractivity contribution in [3.63, 3.8) is 0 Å². The number of hydrogen-bond acceptors (Lipinski definition) is 5. The van der Waals surface area contributed by atoms with Crippen molar-refractivity contribution in [3.8, 4) is 11.8 Å². The number of hydrogen-bond donors (Lipinski definition) is 2. The molecule has 3 heterocycles. The lowest BCUT2D eigenvalue weighted by Crippen LogP contribution is -2.43. The number of nitrogens with one attached hydrogen (secondary N) is 2. The Morgan fingerprint density at radius 1 is 1.05 bits per heavy atom. The van der Waals surface area contributed by atoms with Gasteiger partial charge in [-0.05, 0) is 53.9 Å². The number of alkyl halides is 3. The molecule has 5 rings (SSSR count). The second kappa shape index (κ2) is 10.4. The van der Waals surface area contributed by atoms with Gasteiger partial charge in [-0.3, -0.25) is 9.69 Å². The summed E-state index contributed by atoms with van der Waals surface area (Å²) in [5.41, 5.74) is 1.62. The van der Waals surface area contributed by atoms with Gasteiger partial charge in [0.25, 0.3) is 5.91 Å². The molecule has 1 amide bonds. The summed E-state index contributed by atoms with van der Waals surface area (Å²) in [7, 11) is 0. The molecule has 1 aliphatic heterocycles. The zero-order valence-corrected chi connectivity index (χ0v) is 19.7. The number of carbonyl (C=O) groups excluding carboxylic acids is 1. The largest absolute Gasteiger partial charge is 0.416 e. The van der Waals surface area contributed by atoms with Crippen LogP contribution < -0.4 is 10.6 Å². The number of piperazine rings is 1. The quantitative estimate of drug-likeness (QED) is 0.414. The Hall–Kier alpha value is -4.20. The van der Waals surface area contributed by atoms with Gasteiger partial charge in [0.2, 0.25) is 0 Å². The van der Waals surface area contributed by atoms with Crippen molar-refractivity contribution < 1.29 is 18.0 Å². The fourth-order valence-corrected chi connectivity index (χ4v) is 4.16. The molecule has 2 aromatic heterocycles. The van der Waals surface area contributed by atoms with Crippen LogP contribution in [0, 0.1) is 11.8 Å². The molecule has 1 fully saturated rings. The predicted octanol–water partition coefficient (Wildman–Crippen LogP) is 3.81. The van der Waals surface area contributed by atoms with Crippen molar-refractivity contribution >= 4 is 17.2 Å². The van der Waals surface area contributed by atoms with Crippen LogP contribution in [0.3, 0.4) is 0 Å². The van der Waals surface area contributed by atoms with E-state index in [4.69, 9.17) is 0 Å². The van der Waals surface area contributed by atoms with Crippen LogP contribution in [0.5, 0.6) is 0 Å². The zero-order valence-electron chi connectivity index (χ0n) is 19.7. The van der Waals surface area contributed by atoms with E-state index in [1.165, 1.54) is 12.1 Å². The first-order chi connectivity index (χ1) is 17.9. The summed E-state index contributed by atoms with van der Waals surface area (Å²) in [6.45, 7) is 3.06. The summed E-state index contributed by atoms with van der Waals surface area (Å²) in [6.07, 6.45) is -1.30. The molecule has 2 aromatic carbocycles. The zero-order chi connectivity index (χ0) is 25.8. The maximum Gasteiger partial charge on any atom is 0.416 e. The average Bonchev–Trinajstić information content (AvgIpc) is 3.31. The van der Waals surface area contributed by atoms with Crippen molar-refractivity contribution in [3.05, 3.63) is 94.9 Å². The van der Waals surface area contributed by atoms with E-state index in [1.54, 1.807) is 47.2 Å². The van der Waals surface area contributed by atoms with Gasteiger partial charge in [-0.25, -0.2) is 9.50 Å². The molecule has 188 valence electrons. The first kappa shape index (κ1) is 24.5. The number of benzene rings is 2. The Bertz CT molecular complexity index is 1500. The lowest BCUT2D eigenvalue weighted by atomic mass is 10.0. The average molecular weight is 505 g/mol. The molecule has 10 heteroatoms. The Kier molecular flexibility index (Phi) is 6.90. The van der Waals surface area contributed by atoms with Crippen LogP contribution in [-0.4, -0.2) is 51.6 Å². The molecule has 0 aliphatic carbocycles. The summed E-state index contributed by atoms with van der Waals surface area (Å²) in [6, 6.07) is 14.1. The molecule has 0 atom stereocenters. The molecule has 37 heavy (non-hydrogen) atoms. The third kappa shape index (κ3) is 5.80. The highest BCUT2D eigenvalue weighted by Crippen LogP contribution is 2.34. The fraction of sp³-hybridized carbons (Fsp3) is 0.222. The standard InChI is InChI=1S/C27H23F3N6O/c28-27(29,30)24-16-22(8-7-21(24)18-35-13-11-31-12-14-35)34-26(37)20-4-1-3-19(15-20)6-9-23-17-32-25-5-2-10-33-36(23)25/h1-5,7-8,10,15-17,31H,11-14,18H2,(H,34,37). The molecule has 0 unspecified atom stereocenters. The summed E-state index contributed by atoms with van der Waals surface area (Å²) >= 11 is 0. The number of nitrogens with zero attached hydrogens (tertiary/aromatic N) is 4. The van der Waals surface area contributed by atoms with E-state index in [-0.39, 0.29) is 23.4 Å². The van der Waals surface area contributed by atoms with E-state index in [0.717, 1.165) is 19.2 Å². The van der Waals surface area contributed by atoms with E-state index in [2.05, 4.69) is 32.6 Å². The number of imidazole rings is 1. The predicted molar refractivity (Wildman–Crippen MR) is 133 cm³/mol. The topological polar surface area (TPSA) is 74.6 Å². The second-order valence-electron chi connectivity index (χ2n) is 8.62. The molecule has 0 saturated carbocycles. The number of anilines is 1. The molecular formula is C27H23F3N6O. The number of rotatable bonds is 4. The minimum Gasteiger partial charge on any atom is -0.322 e. The van der Waals surface area contributed by atoms with Crippen LogP contribution in [0.15, 0.2) is 67.0 Å². The van der Waals surface area contributed by atoms with Crippen molar-refractivity contribution in [2.45, 2.75) is 12.7 Å². The third-order valence-electron chi connectivity index (χ3n) is 6.01. The highest BCUT2D eigenvalue weighted by molar-refractivity contribution is 6.04. The molecular weight excluding hydrogens is 481 g/mol. The molecule has 7 nitrogen and oxygen atoms in total. The molecule has 2 N–H and O–H groups in total. The van der Waals surface area contributed by atoms with Crippen LogP contribution in [0.1, 0.15) is 32.7 Å². The van der Waals surface area contributed by atoms with Crippen molar-refractivity contribution in [2.75, 3.05) is 31.5 Å². The van der Waals surface area contributed by atoms with E-state index in [9.17, 15) is 18.0 Å². The summed E-state index contributed by atoms with van der Waals surface area (Å²) in [4.78, 5) is 19.1. The van der Waals surface area contributed by atoms with E-state index >= 15 is 0 Å². The van der Waals surface area contributed by atoms with Crippen LogP contribution in [0.2, 0.25) is 0 Å². The van der Waals surface area contributed by atoms with E-state index in [0.29, 0.717) is 30.0 Å². The summed E-state index contributed by atoms with van der Waals surface area (Å²) < 4.78 is 43.1. The van der Waals surface area contributed by atoms with Crippen LogP contribution in [0.4, 0.5) is 18.9 Å². The minimum absolute atomic E-state index is 0.0784. The van der Waals surface area contributed by atoms with Gasteiger partial charge in [0.15, 0.2) is 5.65 Å². The first-order valence-electron chi connectivity index (χ1n) is 11.7. The second-order valence-corrected chi connectivity index (χ2v) is 8.62. The van der Waals surface area contributed by atoms with Gasteiger partial charge in [-0.1, -0.05) is 18.1 Å². The molecule has 0 spiro atoms. The number of halogens is 3. The lowest BCUT2D eigenvalue weighted by Gasteiger charge is -2.28. The third-order valence-corrected chi connectivity index (χ3v) is 6.01. The lowest BCUT2D eigenvalue weighted by molar-refractivity contribution is -0.138. The van der Waals surface area contributed by atoms with E-state index < -0.39 is 17.6 Å². The molecule has 0 bridgehead atoms. The Labute approximate surface area is 211 Å². The molecule has 1 saturated heterocycles. The SMILES string of the molecule is O=C(Nc1ccc(CN2CCNCC2)c(C(F)(F)F)c1)c1cccc(C#Cc2cnc3cccnn23)c1. The highest BCUT2D eigenvalue weighted by atomic mass is 19.4. The van der Waals surface area contributed by atoms with Gasteiger partial charge in [-0.15, -0.1) is 0 Å². The Morgan fingerprint density at radius 3 is 2.70 bits per heavy atom. The minimum atomic E-state index is -4.54. The maximum atomic E-state index is 13.8. The fourth-order valence-electron chi connectivity index (χ4n) is 4.16. The van der Waals surface area contributed by atoms with Gasteiger partial charge >= 0.3 is 6.18 Å².